The summed E-state index contributed by atoms with van der Waals surface area (Å²) in [4.78, 5) is 15.1. The standard InChI is InChI=1S/C24H21N3O/c28-24(21-18-25-27(19-21)23-14-8-3-9-15-23)26(22-12-6-2-7-13-22)17-16-20-10-4-1-5-11-20/h1-15,18-19H,16-17H2. The van der Waals surface area contributed by atoms with Crippen LogP contribution in [0.5, 0.6) is 0 Å². The molecule has 0 saturated carbocycles. The summed E-state index contributed by atoms with van der Waals surface area (Å²) in [7, 11) is 0. The lowest BCUT2D eigenvalue weighted by atomic mass is 10.1. The van der Waals surface area contributed by atoms with Crippen molar-refractivity contribution in [3.8, 4) is 5.69 Å². The maximum atomic E-state index is 13.3. The molecule has 1 heterocycles. The molecule has 0 aliphatic carbocycles. The minimum atomic E-state index is -0.0516. The Hall–Kier alpha value is -3.66. The normalized spacial score (nSPS) is 10.6. The first-order chi connectivity index (χ1) is 13.8. The van der Waals surface area contributed by atoms with Crippen LogP contribution >= 0.6 is 0 Å². The highest BCUT2D eigenvalue weighted by atomic mass is 16.2. The molecule has 0 aliphatic heterocycles. The quantitative estimate of drug-likeness (QED) is 0.493. The van der Waals surface area contributed by atoms with Gasteiger partial charge < -0.3 is 4.90 Å². The zero-order chi connectivity index (χ0) is 19.2. The predicted molar refractivity (Wildman–Crippen MR) is 112 cm³/mol. The molecule has 0 spiro atoms. The molecule has 0 bridgehead atoms. The summed E-state index contributed by atoms with van der Waals surface area (Å²) < 4.78 is 1.73. The highest BCUT2D eigenvalue weighted by molar-refractivity contribution is 6.05. The van der Waals surface area contributed by atoms with E-state index in [1.54, 1.807) is 17.1 Å². The zero-order valence-electron chi connectivity index (χ0n) is 15.5. The van der Waals surface area contributed by atoms with Gasteiger partial charge in [0.1, 0.15) is 0 Å². The van der Waals surface area contributed by atoms with Gasteiger partial charge in [-0.1, -0.05) is 66.7 Å². The first-order valence-corrected chi connectivity index (χ1v) is 9.32. The Morgan fingerprint density at radius 3 is 2.11 bits per heavy atom. The van der Waals surface area contributed by atoms with Gasteiger partial charge in [-0.05, 0) is 36.2 Å². The van der Waals surface area contributed by atoms with Crippen molar-refractivity contribution >= 4 is 11.6 Å². The molecule has 4 nitrogen and oxygen atoms in total. The molecule has 0 N–H and O–H groups in total. The second kappa shape index (κ2) is 8.35. The van der Waals surface area contributed by atoms with E-state index >= 15 is 0 Å². The number of benzene rings is 3. The number of hydrogen-bond donors (Lipinski definition) is 0. The van der Waals surface area contributed by atoms with E-state index in [1.807, 2.05) is 83.8 Å². The van der Waals surface area contributed by atoms with Gasteiger partial charge in [0, 0.05) is 18.4 Å². The van der Waals surface area contributed by atoms with E-state index in [9.17, 15) is 4.79 Å². The van der Waals surface area contributed by atoms with Crippen LogP contribution < -0.4 is 4.90 Å². The van der Waals surface area contributed by atoms with Crippen molar-refractivity contribution in [2.45, 2.75) is 6.42 Å². The van der Waals surface area contributed by atoms with E-state index in [0.29, 0.717) is 12.1 Å². The van der Waals surface area contributed by atoms with E-state index in [-0.39, 0.29) is 5.91 Å². The Morgan fingerprint density at radius 2 is 1.43 bits per heavy atom. The fourth-order valence-electron chi connectivity index (χ4n) is 3.15. The van der Waals surface area contributed by atoms with E-state index in [2.05, 4.69) is 17.2 Å². The Bertz CT molecular complexity index is 1030. The second-order valence-corrected chi connectivity index (χ2v) is 6.54. The van der Waals surface area contributed by atoms with Crippen LogP contribution in [0, 0.1) is 0 Å². The molecular formula is C24H21N3O. The number of hydrogen-bond acceptors (Lipinski definition) is 2. The van der Waals surface area contributed by atoms with Gasteiger partial charge in [-0.3, -0.25) is 4.79 Å². The smallest absolute Gasteiger partial charge is 0.261 e. The Labute approximate surface area is 164 Å². The first kappa shape index (κ1) is 17.7. The number of rotatable bonds is 6. The summed E-state index contributed by atoms with van der Waals surface area (Å²) in [5.74, 6) is -0.0516. The largest absolute Gasteiger partial charge is 0.308 e. The van der Waals surface area contributed by atoms with Gasteiger partial charge in [0.15, 0.2) is 0 Å². The van der Waals surface area contributed by atoms with Gasteiger partial charge in [-0.2, -0.15) is 5.10 Å². The van der Waals surface area contributed by atoms with Crippen LogP contribution in [0.25, 0.3) is 5.69 Å². The van der Waals surface area contributed by atoms with Gasteiger partial charge in [-0.25, -0.2) is 4.68 Å². The molecule has 1 amide bonds. The van der Waals surface area contributed by atoms with Crippen molar-refractivity contribution in [2.75, 3.05) is 11.4 Å². The molecule has 0 saturated heterocycles. The molecule has 1 aromatic heterocycles. The minimum Gasteiger partial charge on any atom is -0.308 e. The van der Waals surface area contributed by atoms with E-state index in [0.717, 1.165) is 17.8 Å². The van der Waals surface area contributed by atoms with Crippen molar-refractivity contribution < 1.29 is 4.79 Å². The van der Waals surface area contributed by atoms with E-state index in [4.69, 9.17) is 0 Å². The van der Waals surface area contributed by atoms with Crippen LogP contribution in [0.3, 0.4) is 0 Å². The maximum Gasteiger partial charge on any atom is 0.261 e. The summed E-state index contributed by atoms with van der Waals surface area (Å²) >= 11 is 0. The lowest BCUT2D eigenvalue weighted by molar-refractivity contribution is 0.0987. The van der Waals surface area contributed by atoms with E-state index in [1.165, 1.54) is 5.56 Å². The lowest BCUT2D eigenvalue weighted by Crippen LogP contribution is -2.32. The van der Waals surface area contributed by atoms with Crippen molar-refractivity contribution in [3.05, 3.63) is 115 Å². The van der Waals surface area contributed by atoms with Crippen LogP contribution in [0.15, 0.2) is 103 Å². The van der Waals surface area contributed by atoms with Crippen LogP contribution in [-0.2, 0) is 6.42 Å². The third-order valence-corrected chi connectivity index (χ3v) is 4.63. The number of para-hydroxylation sites is 2. The van der Waals surface area contributed by atoms with Crippen molar-refractivity contribution in [2.24, 2.45) is 0 Å². The first-order valence-electron chi connectivity index (χ1n) is 9.32. The molecule has 0 unspecified atom stereocenters. The monoisotopic (exact) mass is 367 g/mol. The van der Waals surface area contributed by atoms with Gasteiger partial charge >= 0.3 is 0 Å². The molecule has 3 aromatic carbocycles. The van der Waals surface area contributed by atoms with Crippen LogP contribution in [0.2, 0.25) is 0 Å². The number of carbonyl (C=O) groups is 1. The van der Waals surface area contributed by atoms with Crippen molar-refractivity contribution in [3.63, 3.8) is 0 Å². The number of aromatic nitrogens is 2. The summed E-state index contributed by atoms with van der Waals surface area (Å²) in [6.07, 6.45) is 4.21. The molecule has 0 atom stereocenters. The van der Waals surface area contributed by atoms with Crippen LogP contribution in [0.1, 0.15) is 15.9 Å². The Kier molecular flexibility index (Phi) is 5.29. The summed E-state index contributed by atoms with van der Waals surface area (Å²) in [6.45, 7) is 0.601. The Balaban J connectivity index is 1.59. The average Bonchev–Trinajstić information content (AvgIpc) is 3.26. The third-order valence-electron chi connectivity index (χ3n) is 4.63. The SMILES string of the molecule is O=C(c1cnn(-c2ccccc2)c1)N(CCc1ccccc1)c1ccccc1. The molecule has 4 heteroatoms. The van der Waals surface area contributed by atoms with Gasteiger partial charge in [-0.15, -0.1) is 0 Å². The molecule has 4 rings (SSSR count). The van der Waals surface area contributed by atoms with Crippen molar-refractivity contribution in [1.29, 1.82) is 0 Å². The van der Waals surface area contributed by atoms with Crippen LogP contribution in [0.4, 0.5) is 5.69 Å². The van der Waals surface area contributed by atoms with Crippen LogP contribution in [-0.4, -0.2) is 22.2 Å². The summed E-state index contributed by atoms with van der Waals surface area (Å²) in [5, 5.41) is 4.37. The van der Waals surface area contributed by atoms with Crippen molar-refractivity contribution in [1.82, 2.24) is 9.78 Å². The lowest BCUT2D eigenvalue weighted by Gasteiger charge is -2.22. The molecule has 0 aliphatic rings. The maximum absolute atomic E-state index is 13.3. The molecular weight excluding hydrogens is 346 g/mol. The molecule has 138 valence electrons. The molecule has 28 heavy (non-hydrogen) atoms. The second-order valence-electron chi connectivity index (χ2n) is 6.54. The van der Waals surface area contributed by atoms with Gasteiger partial charge in [0.25, 0.3) is 5.91 Å². The fourth-order valence-corrected chi connectivity index (χ4v) is 3.15. The summed E-state index contributed by atoms with van der Waals surface area (Å²) in [5.41, 5.74) is 3.59. The predicted octanol–water partition coefficient (Wildman–Crippen LogP) is 4.76. The zero-order valence-corrected chi connectivity index (χ0v) is 15.5. The highest BCUT2D eigenvalue weighted by Gasteiger charge is 2.19. The summed E-state index contributed by atoms with van der Waals surface area (Å²) in [6, 6.07) is 29.8. The minimum absolute atomic E-state index is 0.0516. The highest BCUT2D eigenvalue weighted by Crippen LogP contribution is 2.18. The number of carbonyl (C=O) groups excluding carboxylic acids is 1. The fraction of sp³-hybridized carbons (Fsp3) is 0.0833. The van der Waals surface area contributed by atoms with Gasteiger partial charge in [0.05, 0.1) is 17.4 Å². The topological polar surface area (TPSA) is 38.1 Å². The third kappa shape index (κ3) is 4.01. The van der Waals surface area contributed by atoms with E-state index < -0.39 is 0 Å². The molecule has 0 fully saturated rings. The molecule has 0 radical (unpaired) electrons. The average molecular weight is 367 g/mol. The van der Waals surface area contributed by atoms with Gasteiger partial charge in [0.2, 0.25) is 0 Å². The number of anilines is 1. The number of amides is 1. The Morgan fingerprint density at radius 1 is 0.821 bits per heavy atom. The molecule has 4 aromatic rings. The number of nitrogens with zero attached hydrogens (tertiary/aromatic N) is 3.